The fourth-order valence-corrected chi connectivity index (χ4v) is 3.72. The second-order valence-electron chi connectivity index (χ2n) is 8.10. The molecule has 0 fully saturated rings. The first-order valence-electron chi connectivity index (χ1n) is 10.9. The molecular formula is C25H32N4O2. The second kappa shape index (κ2) is 10.2. The summed E-state index contributed by atoms with van der Waals surface area (Å²) in [4.78, 5) is 31.9. The third kappa shape index (κ3) is 5.51. The van der Waals surface area contributed by atoms with Crippen LogP contribution < -0.4 is 5.32 Å². The van der Waals surface area contributed by atoms with Crippen molar-refractivity contribution >= 4 is 22.8 Å². The number of aromatic nitrogens is 2. The molecule has 31 heavy (non-hydrogen) atoms. The van der Waals surface area contributed by atoms with Gasteiger partial charge in [0.15, 0.2) is 0 Å². The SMILES string of the molecule is CCCCN(C)C(=O)Cn1c(CCNC(=O)c2ccc(C)cc2C)nc2ccccc21. The van der Waals surface area contributed by atoms with E-state index in [2.05, 4.69) is 12.2 Å². The molecule has 0 aliphatic heterocycles. The third-order valence-electron chi connectivity index (χ3n) is 5.56. The summed E-state index contributed by atoms with van der Waals surface area (Å²) in [5.41, 5.74) is 4.59. The molecule has 1 aromatic heterocycles. The predicted octanol–water partition coefficient (Wildman–Crippen LogP) is 3.88. The molecule has 6 nitrogen and oxygen atoms in total. The van der Waals surface area contributed by atoms with Crippen LogP contribution in [0.3, 0.4) is 0 Å². The zero-order chi connectivity index (χ0) is 22.4. The monoisotopic (exact) mass is 420 g/mol. The number of fused-ring (bicyclic) bond motifs is 1. The normalized spacial score (nSPS) is 11.0. The van der Waals surface area contributed by atoms with Gasteiger partial charge in [-0.15, -0.1) is 0 Å². The zero-order valence-electron chi connectivity index (χ0n) is 18.9. The number of likely N-dealkylation sites (N-methyl/N-ethyl adjacent to an activating group) is 1. The minimum absolute atomic E-state index is 0.0668. The molecule has 0 radical (unpaired) electrons. The Bertz CT molecular complexity index is 1070. The van der Waals surface area contributed by atoms with Gasteiger partial charge in [-0.1, -0.05) is 43.2 Å². The van der Waals surface area contributed by atoms with Crippen molar-refractivity contribution in [2.45, 2.75) is 46.6 Å². The largest absolute Gasteiger partial charge is 0.352 e. The van der Waals surface area contributed by atoms with Gasteiger partial charge in [0.25, 0.3) is 5.91 Å². The van der Waals surface area contributed by atoms with Crippen molar-refractivity contribution in [3.63, 3.8) is 0 Å². The van der Waals surface area contributed by atoms with E-state index in [-0.39, 0.29) is 18.4 Å². The van der Waals surface area contributed by atoms with Crippen LogP contribution >= 0.6 is 0 Å². The van der Waals surface area contributed by atoms with E-state index in [1.165, 1.54) is 0 Å². The molecule has 0 aliphatic rings. The average Bonchev–Trinajstić information content (AvgIpc) is 3.09. The number of carbonyl (C=O) groups excluding carboxylic acids is 2. The predicted molar refractivity (Wildman–Crippen MR) is 124 cm³/mol. The van der Waals surface area contributed by atoms with Gasteiger partial charge in [0.05, 0.1) is 11.0 Å². The minimum atomic E-state index is -0.0875. The van der Waals surface area contributed by atoms with E-state index in [0.29, 0.717) is 18.5 Å². The first kappa shape index (κ1) is 22.5. The Labute approximate surface area is 184 Å². The molecule has 1 heterocycles. The van der Waals surface area contributed by atoms with Crippen LogP contribution in [0.5, 0.6) is 0 Å². The molecule has 2 aromatic carbocycles. The minimum Gasteiger partial charge on any atom is -0.352 e. The zero-order valence-corrected chi connectivity index (χ0v) is 18.9. The van der Waals surface area contributed by atoms with Gasteiger partial charge >= 0.3 is 0 Å². The fraction of sp³-hybridized carbons (Fsp3) is 0.400. The van der Waals surface area contributed by atoms with Crippen LogP contribution in [-0.2, 0) is 17.8 Å². The van der Waals surface area contributed by atoms with E-state index in [0.717, 1.165) is 47.4 Å². The number of hydrogen-bond donors (Lipinski definition) is 1. The summed E-state index contributed by atoms with van der Waals surface area (Å²) in [5, 5.41) is 3.00. The summed E-state index contributed by atoms with van der Waals surface area (Å²) in [7, 11) is 1.85. The van der Waals surface area contributed by atoms with Crippen LogP contribution in [0.4, 0.5) is 0 Å². The highest BCUT2D eigenvalue weighted by atomic mass is 16.2. The summed E-state index contributed by atoms with van der Waals surface area (Å²) < 4.78 is 1.98. The fourth-order valence-electron chi connectivity index (χ4n) is 3.72. The highest BCUT2D eigenvalue weighted by molar-refractivity contribution is 5.95. The Morgan fingerprint density at radius 1 is 1.13 bits per heavy atom. The van der Waals surface area contributed by atoms with Crippen molar-refractivity contribution in [1.82, 2.24) is 19.8 Å². The number of carbonyl (C=O) groups is 2. The van der Waals surface area contributed by atoms with Gasteiger partial charge in [-0.3, -0.25) is 9.59 Å². The molecule has 0 atom stereocenters. The number of benzene rings is 2. The molecule has 0 aliphatic carbocycles. The topological polar surface area (TPSA) is 67.2 Å². The standard InChI is InChI=1S/C25H32N4O2/c1-5-6-15-28(4)24(30)17-29-22-10-8-7-9-21(22)27-23(29)13-14-26-25(31)20-12-11-18(2)16-19(20)3/h7-12,16H,5-6,13-15,17H2,1-4H3,(H,26,31). The number of imidazole rings is 1. The molecule has 0 saturated carbocycles. The average molecular weight is 421 g/mol. The van der Waals surface area contributed by atoms with Gasteiger partial charge in [-0.2, -0.15) is 0 Å². The Kier molecular flexibility index (Phi) is 7.45. The summed E-state index contributed by atoms with van der Waals surface area (Å²) >= 11 is 0. The van der Waals surface area contributed by atoms with Gasteiger partial charge in [0.2, 0.25) is 5.91 Å². The van der Waals surface area contributed by atoms with Gasteiger partial charge in [0.1, 0.15) is 12.4 Å². The number of unbranched alkanes of at least 4 members (excludes halogenated alkanes) is 1. The first-order valence-corrected chi connectivity index (χ1v) is 10.9. The lowest BCUT2D eigenvalue weighted by Crippen LogP contribution is -2.32. The van der Waals surface area contributed by atoms with Crippen molar-refractivity contribution in [1.29, 1.82) is 0 Å². The number of amides is 2. The van der Waals surface area contributed by atoms with E-state index in [1.54, 1.807) is 4.90 Å². The number of para-hydroxylation sites is 2. The quantitative estimate of drug-likeness (QED) is 0.571. The van der Waals surface area contributed by atoms with E-state index in [1.807, 2.05) is 67.9 Å². The molecule has 0 unspecified atom stereocenters. The van der Waals surface area contributed by atoms with Crippen molar-refractivity contribution in [3.05, 3.63) is 65.0 Å². The van der Waals surface area contributed by atoms with E-state index < -0.39 is 0 Å². The van der Waals surface area contributed by atoms with Gasteiger partial charge in [-0.05, 0) is 44.0 Å². The number of rotatable bonds is 9. The molecule has 164 valence electrons. The summed E-state index contributed by atoms with van der Waals surface area (Å²) in [6.45, 7) is 7.54. The Hall–Kier alpha value is -3.15. The van der Waals surface area contributed by atoms with Crippen LogP contribution in [0.1, 0.15) is 47.1 Å². The maximum Gasteiger partial charge on any atom is 0.251 e. The number of nitrogens with one attached hydrogen (secondary N) is 1. The number of aryl methyl sites for hydroxylation is 2. The van der Waals surface area contributed by atoms with Crippen LogP contribution in [0, 0.1) is 13.8 Å². The lowest BCUT2D eigenvalue weighted by molar-refractivity contribution is -0.130. The second-order valence-corrected chi connectivity index (χ2v) is 8.10. The molecule has 0 saturated heterocycles. The summed E-state index contributed by atoms with van der Waals surface area (Å²) in [5.74, 6) is 0.784. The third-order valence-corrected chi connectivity index (χ3v) is 5.56. The lowest BCUT2D eigenvalue weighted by atomic mass is 10.1. The van der Waals surface area contributed by atoms with Crippen molar-refractivity contribution in [2.24, 2.45) is 0 Å². The smallest absolute Gasteiger partial charge is 0.251 e. The van der Waals surface area contributed by atoms with Crippen molar-refractivity contribution in [2.75, 3.05) is 20.1 Å². The Morgan fingerprint density at radius 2 is 1.90 bits per heavy atom. The molecule has 1 N–H and O–H groups in total. The summed E-state index contributed by atoms with van der Waals surface area (Å²) in [6.07, 6.45) is 2.60. The van der Waals surface area contributed by atoms with Crippen molar-refractivity contribution < 1.29 is 9.59 Å². The van der Waals surface area contributed by atoms with Crippen LogP contribution in [0.15, 0.2) is 42.5 Å². The summed E-state index contributed by atoms with van der Waals surface area (Å²) in [6, 6.07) is 13.7. The maximum atomic E-state index is 12.8. The van der Waals surface area contributed by atoms with Crippen LogP contribution in [0.25, 0.3) is 11.0 Å². The molecule has 6 heteroatoms. The first-order chi connectivity index (χ1) is 14.9. The highest BCUT2D eigenvalue weighted by Gasteiger charge is 2.16. The van der Waals surface area contributed by atoms with Crippen LogP contribution in [-0.4, -0.2) is 46.4 Å². The van der Waals surface area contributed by atoms with Gasteiger partial charge < -0.3 is 14.8 Å². The Balaban J connectivity index is 1.72. The number of hydrogen-bond acceptors (Lipinski definition) is 3. The molecule has 3 aromatic rings. The van der Waals surface area contributed by atoms with Gasteiger partial charge in [0, 0.05) is 32.1 Å². The lowest BCUT2D eigenvalue weighted by Gasteiger charge is -2.18. The molecule has 0 spiro atoms. The highest BCUT2D eigenvalue weighted by Crippen LogP contribution is 2.17. The number of nitrogens with zero attached hydrogens (tertiary/aromatic N) is 3. The Morgan fingerprint density at radius 3 is 2.65 bits per heavy atom. The van der Waals surface area contributed by atoms with Crippen molar-refractivity contribution in [3.8, 4) is 0 Å². The molecule has 2 amide bonds. The van der Waals surface area contributed by atoms with E-state index in [4.69, 9.17) is 4.98 Å². The van der Waals surface area contributed by atoms with E-state index in [9.17, 15) is 9.59 Å². The van der Waals surface area contributed by atoms with E-state index >= 15 is 0 Å². The molecule has 0 bridgehead atoms. The molecular weight excluding hydrogens is 388 g/mol. The molecule has 3 rings (SSSR count). The van der Waals surface area contributed by atoms with Crippen LogP contribution in [0.2, 0.25) is 0 Å². The van der Waals surface area contributed by atoms with Gasteiger partial charge in [-0.25, -0.2) is 4.98 Å². The maximum absolute atomic E-state index is 12.8.